The van der Waals surface area contributed by atoms with E-state index >= 15 is 0 Å². The Morgan fingerprint density at radius 2 is 1.89 bits per heavy atom. The van der Waals surface area contributed by atoms with E-state index in [1.165, 1.54) is 38.5 Å². The molecule has 0 spiro atoms. The van der Waals surface area contributed by atoms with Gasteiger partial charge in [-0.15, -0.1) is 0 Å². The van der Waals surface area contributed by atoms with Crippen LogP contribution in [0.15, 0.2) is 0 Å². The molecule has 0 aliphatic heterocycles. The van der Waals surface area contributed by atoms with Crippen LogP contribution < -0.4 is 5.32 Å². The predicted octanol–water partition coefficient (Wildman–Crippen LogP) is 3.36. The largest absolute Gasteiger partial charge is 0.377 e. The highest BCUT2D eigenvalue weighted by atomic mass is 16.5. The van der Waals surface area contributed by atoms with Crippen LogP contribution in [0.1, 0.15) is 59.3 Å². The molecule has 1 N–H and O–H groups in total. The van der Waals surface area contributed by atoms with Crippen molar-refractivity contribution in [3.05, 3.63) is 0 Å². The van der Waals surface area contributed by atoms with Crippen molar-refractivity contribution >= 4 is 0 Å². The summed E-state index contributed by atoms with van der Waals surface area (Å²) in [6.45, 7) is 8.50. The number of rotatable bonds is 4. The van der Waals surface area contributed by atoms with Gasteiger partial charge in [-0.3, -0.25) is 0 Å². The summed E-state index contributed by atoms with van der Waals surface area (Å²) in [4.78, 5) is 0. The molecular weight excluding hydrogens is 222 g/mol. The van der Waals surface area contributed by atoms with Gasteiger partial charge in [0.05, 0.1) is 5.60 Å². The van der Waals surface area contributed by atoms with Crippen molar-refractivity contribution in [1.82, 2.24) is 5.32 Å². The van der Waals surface area contributed by atoms with Crippen molar-refractivity contribution in [3.63, 3.8) is 0 Å². The maximum atomic E-state index is 5.75. The van der Waals surface area contributed by atoms with Gasteiger partial charge in [-0.2, -0.15) is 0 Å². The molecule has 0 amide bonds. The number of hydrogen-bond donors (Lipinski definition) is 1. The molecule has 2 nitrogen and oxygen atoms in total. The highest BCUT2D eigenvalue weighted by molar-refractivity contribution is 5.12. The average Bonchev–Trinajstić information content (AvgIpc) is 2.72. The minimum Gasteiger partial charge on any atom is -0.377 e. The molecule has 3 unspecified atom stereocenters. The van der Waals surface area contributed by atoms with Gasteiger partial charge in [0, 0.05) is 19.7 Å². The van der Waals surface area contributed by atoms with Gasteiger partial charge in [-0.05, 0) is 55.3 Å². The van der Waals surface area contributed by atoms with Crippen molar-refractivity contribution in [2.45, 2.75) is 70.9 Å². The van der Waals surface area contributed by atoms with Crippen LogP contribution in [0, 0.1) is 16.7 Å². The first-order valence-electron chi connectivity index (χ1n) is 7.70. The molecule has 3 saturated carbocycles. The highest BCUT2D eigenvalue weighted by Gasteiger charge is 2.59. The van der Waals surface area contributed by atoms with Crippen LogP contribution >= 0.6 is 0 Å². The quantitative estimate of drug-likeness (QED) is 0.827. The van der Waals surface area contributed by atoms with E-state index in [1.807, 2.05) is 7.11 Å². The van der Waals surface area contributed by atoms with E-state index in [9.17, 15) is 0 Å². The molecule has 3 aliphatic carbocycles. The molecule has 0 aromatic heterocycles. The maximum Gasteiger partial charge on any atom is 0.0802 e. The van der Waals surface area contributed by atoms with E-state index in [-0.39, 0.29) is 5.60 Å². The second kappa shape index (κ2) is 3.96. The first kappa shape index (κ1) is 12.9. The summed E-state index contributed by atoms with van der Waals surface area (Å²) in [7, 11) is 1.88. The first-order chi connectivity index (χ1) is 8.42. The second-order valence-corrected chi connectivity index (χ2v) is 7.97. The lowest BCUT2D eigenvalue weighted by molar-refractivity contribution is -0.0761. The summed E-state index contributed by atoms with van der Waals surface area (Å²) in [6.07, 6.45) is 8.10. The fourth-order valence-electron chi connectivity index (χ4n) is 5.12. The minimum atomic E-state index is 0.161. The van der Waals surface area contributed by atoms with Crippen LogP contribution in [-0.4, -0.2) is 25.3 Å². The summed E-state index contributed by atoms with van der Waals surface area (Å²) >= 11 is 0. The van der Waals surface area contributed by atoms with Crippen LogP contribution in [-0.2, 0) is 4.74 Å². The second-order valence-electron chi connectivity index (χ2n) is 7.97. The van der Waals surface area contributed by atoms with Gasteiger partial charge in [0.15, 0.2) is 0 Å². The van der Waals surface area contributed by atoms with E-state index in [0.717, 1.165) is 12.5 Å². The zero-order chi connectivity index (χ0) is 13.0. The van der Waals surface area contributed by atoms with E-state index in [2.05, 4.69) is 26.1 Å². The lowest BCUT2D eigenvalue weighted by Crippen LogP contribution is -2.57. The number of ether oxygens (including phenoxy) is 1. The topological polar surface area (TPSA) is 21.3 Å². The molecule has 2 heteroatoms. The molecule has 3 fully saturated rings. The fraction of sp³-hybridized carbons (Fsp3) is 1.00. The Labute approximate surface area is 112 Å². The van der Waals surface area contributed by atoms with Gasteiger partial charge < -0.3 is 10.1 Å². The molecule has 0 radical (unpaired) electrons. The minimum absolute atomic E-state index is 0.161. The molecule has 0 heterocycles. The standard InChI is InChI=1S/C16H29NO/c1-14(2)12-6-9-15(3,10-12)13(14)17-11-16(18-4)7-5-8-16/h12-13,17H,5-11H2,1-4H3. The van der Waals surface area contributed by atoms with Crippen LogP contribution in [0.5, 0.6) is 0 Å². The van der Waals surface area contributed by atoms with Crippen LogP contribution in [0.25, 0.3) is 0 Å². The van der Waals surface area contributed by atoms with Crippen molar-refractivity contribution in [3.8, 4) is 0 Å². The van der Waals surface area contributed by atoms with E-state index < -0.39 is 0 Å². The molecule has 0 saturated heterocycles. The summed E-state index contributed by atoms with van der Waals surface area (Å²) in [5.41, 5.74) is 1.16. The summed E-state index contributed by atoms with van der Waals surface area (Å²) in [5, 5.41) is 3.91. The molecule has 3 atom stereocenters. The fourth-order valence-corrected chi connectivity index (χ4v) is 5.12. The van der Waals surface area contributed by atoms with E-state index in [0.29, 0.717) is 16.9 Å². The number of methoxy groups -OCH3 is 1. The smallest absolute Gasteiger partial charge is 0.0802 e. The molecule has 0 aromatic rings. The van der Waals surface area contributed by atoms with Gasteiger partial charge in [-0.1, -0.05) is 20.8 Å². The Bertz CT molecular complexity index is 324. The number of nitrogens with one attached hydrogen (secondary N) is 1. The molecule has 3 rings (SSSR count). The number of fused-ring (bicyclic) bond motifs is 2. The zero-order valence-corrected chi connectivity index (χ0v) is 12.5. The predicted molar refractivity (Wildman–Crippen MR) is 74.6 cm³/mol. The third kappa shape index (κ3) is 1.68. The van der Waals surface area contributed by atoms with Crippen molar-refractivity contribution in [2.75, 3.05) is 13.7 Å². The van der Waals surface area contributed by atoms with Gasteiger partial charge in [0.2, 0.25) is 0 Å². The van der Waals surface area contributed by atoms with E-state index in [4.69, 9.17) is 4.74 Å². The van der Waals surface area contributed by atoms with Crippen LogP contribution in [0.2, 0.25) is 0 Å². The highest BCUT2D eigenvalue weighted by Crippen LogP contribution is 2.62. The van der Waals surface area contributed by atoms with Gasteiger partial charge in [-0.25, -0.2) is 0 Å². The Hall–Kier alpha value is -0.0800. The monoisotopic (exact) mass is 251 g/mol. The van der Waals surface area contributed by atoms with Gasteiger partial charge >= 0.3 is 0 Å². The third-order valence-corrected chi connectivity index (χ3v) is 6.60. The summed E-state index contributed by atoms with van der Waals surface area (Å²) in [6, 6.07) is 0.677. The maximum absolute atomic E-state index is 5.75. The van der Waals surface area contributed by atoms with Crippen LogP contribution in [0.3, 0.4) is 0 Å². The van der Waals surface area contributed by atoms with Gasteiger partial charge in [0.1, 0.15) is 0 Å². The Kier molecular flexibility index (Phi) is 2.84. The molecule has 3 aliphatic rings. The van der Waals surface area contributed by atoms with Crippen molar-refractivity contribution in [2.24, 2.45) is 16.7 Å². The van der Waals surface area contributed by atoms with Crippen LogP contribution in [0.4, 0.5) is 0 Å². The lowest BCUT2D eigenvalue weighted by Gasteiger charge is -2.47. The third-order valence-electron chi connectivity index (χ3n) is 6.60. The summed E-state index contributed by atoms with van der Waals surface area (Å²) in [5.74, 6) is 0.930. The molecule has 0 aromatic carbocycles. The molecule has 2 bridgehead atoms. The van der Waals surface area contributed by atoms with Crippen molar-refractivity contribution in [1.29, 1.82) is 0 Å². The Morgan fingerprint density at radius 3 is 2.33 bits per heavy atom. The van der Waals surface area contributed by atoms with Crippen molar-refractivity contribution < 1.29 is 4.74 Å². The average molecular weight is 251 g/mol. The first-order valence-corrected chi connectivity index (χ1v) is 7.70. The molecular formula is C16H29NO. The van der Waals surface area contributed by atoms with E-state index in [1.54, 1.807) is 0 Å². The SMILES string of the molecule is COC1(CNC2C3(C)CCC(C3)C2(C)C)CCC1. The Morgan fingerprint density at radius 1 is 1.17 bits per heavy atom. The zero-order valence-electron chi connectivity index (χ0n) is 12.5. The summed E-state index contributed by atoms with van der Waals surface area (Å²) < 4.78 is 5.75. The lowest BCUT2D eigenvalue weighted by atomic mass is 9.68. The van der Waals surface area contributed by atoms with Gasteiger partial charge in [0.25, 0.3) is 0 Å². The molecule has 104 valence electrons. The Balaban J connectivity index is 1.69. The number of hydrogen-bond acceptors (Lipinski definition) is 2. The molecule has 18 heavy (non-hydrogen) atoms. The normalized spacial score (nSPS) is 44.0.